The SMILES string of the molecule is COc1ccc(Cl)cc1NC(=O)C(C)C#N. The molecule has 84 valence electrons. The van der Waals surface area contributed by atoms with Crippen LogP contribution in [0.5, 0.6) is 5.75 Å². The van der Waals surface area contributed by atoms with E-state index in [1.165, 1.54) is 14.0 Å². The molecular formula is C11H11ClN2O2. The number of rotatable bonds is 3. The maximum atomic E-state index is 11.5. The van der Waals surface area contributed by atoms with Gasteiger partial charge in [0.05, 0.1) is 18.9 Å². The van der Waals surface area contributed by atoms with Gasteiger partial charge in [-0.2, -0.15) is 5.26 Å². The second kappa shape index (κ2) is 5.38. The molecule has 1 aromatic rings. The molecule has 1 aromatic carbocycles. The quantitative estimate of drug-likeness (QED) is 0.880. The fraction of sp³-hybridized carbons (Fsp3) is 0.273. The Morgan fingerprint density at radius 2 is 2.31 bits per heavy atom. The van der Waals surface area contributed by atoms with Crippen LogP contribution in [0.25, 0.3) is 0 Å². The Hall–Kier alpha value is -1.73. The summed E-state index contributed by atoms with van der Waals surface area (Å²) in [5.74, 6) is -0.602. The molecule has 0 fully saturated rings. The highest BCUT2D eigenvalue weighted by molar-refractivity contribution is 6.31. The summed E-state index contributed by atoms with van der Waals surface area (Å²) in [4.78, 5) is 11.5. The predicted octanol–water partition coefficient (Wildman–Crippen LogP) is 2.45. The van der Waals surface area contributed by atoms with Gasteiger partial charge in [0.15, 0.2) is 0 Å². The van der Waals surface area contributed by atoms with Crippen molar-refractivity contribution in [2.45, 2.75) is 6.92 Å². The van der Waals surface area contributed by atoms with E-state index in [0.717, 1.165) is 0 Å². The summed E-state index contributed by atoms with van der Waals surface area (Å²) >= 11 is 5.80. The zero-order chi connectivity index (χ0) is 12.1. The van der Waals surface area contributed by atoms with Gasteiger partial charge >= 0.3 is 0 Å². The van der Waals surface area contributed by atoms with Crippen LogP contribution in [0.15, 0.2) is 18.2 Å². The molecule has 0 aliphatic heterocycles. The van der Waals surface area contributed by atoms with Crippen LogP contribution in [0.2, 0.25) is 5.02 Å². The van der Waals surface area contributed by atoms with Crippen molar-refractivity contribution in [1.82, 2.24) is 0 Å². The van der Waals surface area contributed by atoms with E-state index in [4.69, 9.17) is 21.6 Å². The van der Waals surface area contributed by atoms with Crippen LogP contribution in [0.1, 0.15) is 6.92 Å². The zero-order valence-corrected chi connectivity index (χ0v) is 9.71. The molecule has 0 aromatic heterocycles. The summed E-state index contributed by atoms with van der Waals surface area (Å²) in [7, 11) is 1.49. The van der Waals surface area contributed by atoms with Crippen LogP contribution in [0.4, 0.5) is 5.69 Å². The van der Waals surface area contributed by atoms with E-state index in [1.54, 1.807) is 18.2 Å². The maximum absolute atomic E-state index is 11.5. The Morgan fingerprint density at radius 1 is 1.62 bits per heavy atom. The number of halogens is 1. The summed E-state index contributed by atoms with van der Waals surface area (Å²) in [6.07, 6.45) is 0. The predicted molar refractivity (Wildman–Crippen MR) is 61.4 cm³/mol. The number of carbonyl (C=O) groups excluding carboxylic acids is 1. The summed E-state index contributed by atoms with van der Waals surface area (Å²) in [5, 5.41) is 11.7. The third kappa shape index (κ3) is 2.88. The molecule has 1 amide bonds. The molecule has 1 unspecified atom stereocenters. The molecule has 1 rings (SSSR count). The van der Waals surface area contributed by atoms with Crippen molar-refractivity contribution >= 4 is 23.2 Å². The molecule has 0 aliphatic carbocycles. The zero-order valence-electron chi connectivity index (χ0n) is 8.95. The lowest BCUT2D eigenvalue weighted by Gasteiger charge is -2.11. The van der Waals surface area contributed by atoms with Crippen LogP contribution < -0.4 is 10.1 Å². The highest BCUT2D eigenvalue weighted by atomic mass is 35.5. The summed E-state index contributed by atoms with van der Waals surface area (Å²) < 4.78 is 5.06. The lowest BCUT2D eigenvalue weighted by Crippen LogP contribution is -2.19. The Kier molecular flexibility index (Phi) is 4.15. The first-order valence-corrected chi connectivity index (χ1v) is 5.00. The number of hydrogen-bond donors (Lipinski definition) is 1. The highest BCUT2D eigenvalue weighted by Crippen LogP contribution is 2.27. The number of nitrogens with zero attached hydrogens (tertiary/aromatic N) is 1. The largest absolute Gasteiger partial charge is 0.495 e. The van der Waals surface area contributed by atoms with Gasteiger partial charge in [-0.15, -0.1) is 0 Å². The molecule has 4 nitrogen and oxygen atoms in total. The maximum Gasteiger partial charge on any atom is 0.241 e. The third-order valence-electron chi connectivity index (χ3n) is 2.01. The second-order valence-electron chi connectivity index (χ2n) is 3.18. The fourth-order valence-corrected chi connectivity index (χ4v) is 1.25. The van der Waals surface area contributed by atoms with Crippen molar-refractivity contribution in [2.24, 2.45) is 5.92 Å². The van der Waals surface area contributed by atoms with E-state index >= 15 is 0 Å². The summed E-state index contributed by atoms with van der Waals surface area (Å²) in [6.45, 7) is 1.52. The summed E-state index contributed by atoms with van der Waals surface area (Å²) in [5.41, 5.74) is 0.460. The molecule has 0 radical (unpaired) electrons. The van der Waals surface area contributed by atoms with Crippen LogP contribution in [-0.4, -0.2) is 13.0 Å². The number of anilines is 1. The topological polar surface area (TPSA) is 62.1 Å². The standard InChI is InChI=1S/C11H11ClN2O2/c1-7(6-13)11(15)14-9-5-8(12)3-4-10(9)16-2/h3-5,7H,1-2H3,(H,14,15). The van der Waals surface area contributed by atoms with Crippen molar-refractivity contribution < 1.29 is 9.53 Å². The van der Waals surface area contributed by atoms with Crippen LogP contribution in [0, 0.1) is 17.2 Å². The Bertz CT molecular complexity index is 440. The molecule has 5 heteroatoms. The van der Waals surface area contributed by atoms with E-state index in [0.29, 0.717) is 16.5 Å². The lowest BCUT2D eigenvalue weighted by atomic mass is 10.2. The number of amides is 1. The Morgan fingerprint density at radius 3 is 2.88 bits per heavy atom. The first-order chi connectivity index (χ1) is 7.58. The van der Waals surface area contributed by atoms with E-state index in [1.807, 2.05) is 6.07 Å². The van der Waals surface area contributed by atoms with E-state index in [9.17, 15) is 4.79 Å². The smallest absolute Gasteiger partial charge is 0.241 e. The van der Waals surface area contributed by atoms with Crippen LogP contribution >= 0.6 is 11.6 Å². The number of hydrogen-bond acceptors (Lipinski definition) is 3. The lowest BCUT2D eigenvalue weighted by molar-refractivity contribution is -0.117. The number of carbonyl (C=O) groups is 1. The number of ether oxygens (including phenoxy) is 1. The molecule has 0 saturated carbocycles. The first-order valence-electron chi connectivity index (χ1n) is 4.62. The molecule has 1 N–H and O–H groups in total. The van der Waals surface area contributed by atoms with Gasteiger partial charge in [-0.05, 0) is 25.1 Å². The van der Waals surface area contributed by atoms with Gasteiger partial charge in [0.1, 0.15) is 11.7 Å². The van der Waals surface area contributed by atoms with Crippen LogP contribution in [0.3, 0.4) is 0 Å². The number of benzene rings is 1. The van der Waals surface area contributed by atoms with E-state index in [2.05, 4.69) is 5.32 Å². The minimum absolute atomic E-state index is 0.386. The third-order valence-corrected chi connectivity index (χ3v) is 2.24. The molecule has 1 atom stereocenters. The Labute approximate surface area is 98.8 Å². The van der Waals surface area contributed by atoms with Gasteiger partial charge in [0, 0.05) is 5.02 Å². The normalized spacial score (nSPS) is 11.4. The molecule has 0 heterocycles. The molecule has 16 heavy (non-hydrogen) atoms. The minimum Gasteiger partial charge on any atom is -0.495 e. The minimum atomic E-state index is -0.719. The van der Waals surface area contributed by atoms with Crippen molar-refractivity contribution in [3.63, 3.8) is 0 Å². The molecule has 0 bridgehead atoms. The van der Waals surface area contributed by atoms with Gasteiger partial charge in [-0.3, -0.25) is 4.79 Å². The Balaban J connectivity index is 2.92. The molecule has 0 spiro atoms. The van der Waals surface area contributed by atoms with Crippen molar-refractivity contribution in [3.05, 3.63) is 23.2 Å². The van der Waals surface area contributed by atoms with Gasteiger partial charge in [0.25, 0.3) is 0 Å². The van der Waals surface area contributed by atoms with Crippen LogP contribution in [-0.2, 0) is 4.79 Å². The van der Waals surface area contributed by atoms with Gasteiger partial charge in [-0.1, -0.05) is 11.6 Å². The van der Waals surface area contributed by atoms with E-state index < -0.39 is 5.92 Å². The van der Waals surface area contributed by atoms with Gasteiger partial charge in [0.2, 0.25) is 5.91 Å². The average Bonchev–Trinajstić information content (AvgIpc) is 2.28. The first kappa shape index (κ1) is 12.3. The molecule has 0 saturated heterocycles. The van der Waals surface area contributed by atoms with Gasteiger partial charge in [-0.25, -0.2) is 0 Å². The van der Waals surface area contributed by atoms with Crippen molar-refractivity contribution in [3.8, 4) is 11.8 Å². The monoisotopic (exact) mass is 238 g/mol. The van der Waals surface area contributed by atoms with Crippen molar-refractivity contribution in [2.75, 3.05) is 12.4 Å². The molecule has 0 aliphatic rings. The average molecular weight is 239 g/mol. The van der Waals surface area contributed by atoms with Crippen molar-refractivity contribution in [1.29, 1.82) is 5.26 Å². The fourth-order valence-electron chi connectivity index (χ4n) is 1.08. The number of methoxy groups -OCH3 is 1. The number of nitriles is 1. The number of nitrogens with one attached hydrogen (secondary N) is 1. The summed E-state index contributed by atoms with van der Waals surface area (Å²) in [6, 6.07) is 6.73. The highest BCUT2D eigenvalue weighted by Gasteiger charge is 2.14. The second-order valence-corrected chi connectivity index (χ2v) is 3.62. The van der Waals surface area contributed by atoms with Gasteiger partial charge < -0.3 is 10.1 Å². The molecular weight excluding hydrogens is 228 g/mol. The van der Waals surface area contributed by atoms with E-state index in [-0.39, 0.29) is 5.91 Å².